The fraction of sp³-hybridized carbons (Fsp3) is 0.217. The summed E-state index contributed by atoms with van der Waals surface area (Å²) in [5.41, 5.74) is 10.2. The molecular formula is C23H24Cl2N2O2. The number of aliphatic hydroxyl groups is 1. The first-order valence-electron chi connectivity index (χ1n) is 9.34. The number of benzene rings is 3. The number of nitrogen functional groups attached to an aromatic ring is 1. The van der Waals surface area contributed by atoms with Crippen molar-refractivity contribution in [3.8, 4) is 16.9 Å². The number of hydrogen-bond donors (Lipinski definition) is 3. The van der Waals surface area contributed by atoms with Crippen molar-refractivity contribution < 1.29 is 9.84 Å². The van der Waals surface area contributed by atoms with Gasteiger partial charge < -0.3 is 20.9 Å². The largest absolute Gasteiger partial charge is 0.497 e. The Morgan fingerprint density at radius 3 is 2.07 bits per heavy atom. The molecule has 3 aromatic carbocycles. The molecule has 3 aromatic rings. The second-order valence-corrected chi connectivity index (χ2v) is 7.61. The van der Waals surface area contributed by atoms with Crippen molar-refractivity contribution in [1.29, 1.82) is 0 Å². The van der Waals surface area contributed by atoms with Crippen LogP contribution in [0.3, 0.4) is 0 Å². The molecule has 152 valence electrons. The molecule has 0 saturated carbocycles. The SMILES string of the molecule is COc1ccc(-c2ccc(CCNCC(O)c3cc(Cl)c(N)c(Cl)c3)cc2)cc1. The number of aliphatic hydroxyl groups excluding tert-OH is 1. The van der Waals surface area contributed by atoms with Gasteiger partial charge in [0.05, 0.1) is 28.9 Å². The lowest BCUT2D eigenvalue weighted by Gasteiger charge is -2.14. The molecule has 0 amide bonds. The predicted molar refractivity (Wildman–Crippen MR) is 121 cm³/mol. The van der Waals surface area contributed by atoms with E-state index in [-0.39, 0.29) is 0 Å². The van der Waals surface area contributed by atoms with Crippen LogP contribution in [0.1, 0.15) is 17.2 Å². The van der Waals surface area contributed by atoms with E-state index in [2.05, 4.69) is 29.6 Å². The van der Waals surface area contributed by atoms with Gasteiger partial charge in [-0.15, -0.1) is 0 Å². The van der Waals surface area contributed by atoms with Crippen LogP contribution in [0.25, 0.3) is 11.1 Å². The van der Waals surface area contributed by atoms with Crippen molar-refractivity contribution in [2.45, 2.75) is 12.5 Å². The number of ether oxygens (including phenoxy) is 1. The summed E-state index contributed by atoms with van der Waals surface area (Å²) in [5, 5.41) is 14.3. The van der Waals surface area contributed by atoms with Crippen LogP contribution in [0, 0.1) is 0 Å². The van der Waals surface area contributed by atoms with Gasteiger partial charge in [-0.1, -0.05) is 59.6 Å². The number of rotatable bonds is 8. The maximum absolute atomic E-state index is 10.3. The Morgan fingerprint density at radius 2 is 1.52 bits per heavy atom. The Morgan fingerprint density at radius 1 is 0.966 bits per heavy atom. The van der Waals surface area contributed by atoms with Gasteiger partial charge in [0.25, 0.3) is 0 Å². The van der Waals surface area contributed by atoms with Crippen LogP contribution < -0.4 is 15.8 Å². The smallest absolute Gasteiger partial charge is 0.118 e. The topological polar surface area (TPSA) is 67.5 Å². The molecule has 4 N–H and O–H groups in total. The summed E-state index contributed by atoms with van der Waals surface area (Å²) < 4.78 is 5.20. The van der Waals surface area contributed by atoms with E-state index in [1.54, 1.807) is 19.2 Å². The van der Waals surface area contributed by atoms with Crippen molar-refractivity contribution in [3.63, 3.8) is 0 Å². The standard InChI is InChI=1S/C23H24Cl2N2O2/c1-29-19-8-6-17(7-9-19)16-4-2-15(3-5-16)10-11-27-14-22(28)18-12-20(24)23(26)21(25)13-18/h2-9,12-13,22,27-28H,10-11,14,26H2,1H3. The maximum Gasteiger partial charge on any atom is 0.118 e. The van der Waals surface area contributed by atoms with Gasteiger partial charge in [-0.25, -0.2) is 0 Å². The van der Waals surface area contributed by atoms with Crippen molar-refractivity contribution in [2.75, 3.05) is 25.9 Å². The number of halogens is 2. The molecule has 1 unspecified atom stereocenters. The van der Waals surface area contributed by atoms with Crippen molar-refractivity contribution in [2.24, 2.45) is 0 Å². The minimum atomic E-state index is -0.706. The maximum atomic E-state index is 10.3. The fourth-order valence-corrected chi connectivity index (χ4v) is 3.54. The van der Waals surface area contributed by atoms with E-state index in [9.17, 15) is 5.11 Å². The Balaban J connectivity index is 1.49. The fourth-order valence-electron chi connectivity index (χ4n) is 3.03. The van der Waals surface area contributed by atoms with Gasteiger partial charge in [0.15, 0.2) is 0 Å². The third-order valence-corrected chi connectivity index (χ3v) is 5.42. The van der Waals surface area contributed by atoms with Crippen LogP contribution in [-0.4, -0.2) is 25.3 Å². The molecule has 0 aromatic heterocycles. The van der Waals surface area contributed by atoms with Crippen LogP contribution in [-0.2, 0) is 6.42 Å². The zero-order valence-electron chi connectivity index (χ0n) is 16.2. The monoisotopic (exact) mass is 430 g/mol. The normalized spacial score (nSPS) is 12.0. The average molecular weight is 431 g/mol. The number of anilines is 1. The first-order chi connectivity index (χ1) is 14.0. The molecular weight excluding hydrogens is 407 g/mol. The quantitative estimate of drug-likeness (QED) is 0.342. The first kappa shape index (κ1) is 21.5. The lowest BCUT2D eigenvalue weighted by atomic mass is 10.0. The van der Waals surface area contributed by atoms with Crippen LogP contribution >= 0.6 is 23.2 Å². The molecule has 0 saturated heterocycles. The second kappa shape index (κ2) is 9.99. The summed E-state index contributed by atoms with van der Waals surface area (Å²) in [5.74, 6) is 0.849. The predicted octanol–water partition coefficient (Wildman–Crippen LogP) is 5.12. The second-order valence-electron chi connectivity index (χ2n) is 6.79. The molecule has 0 radical (unpaired) electrons. The van der Waals surface area contributed by atoms with Crippen LogP contribution in [0.4, 0.5) is 5.69 Å². The van der Waals surface area contributed by atoms with E-state index in [4.69, 9.17) is 33.7 Å². The van der Waals surface area contributed by atoms with Crippen LogP contribution in [0.15, 0.2) is 60.7 Å². The van der Waals surface area contributed by atoms with E-state index < -0.39 is 6.10 Å². The summed E-state index contributed by atoms with van der Waals surface area (Å²) >= 11 is 12.1. The van der Waals surface area contributed by atoms with E-state index in [1.807, 2.05) is 24.3 Å². The van der Waals surface area contributed by atoms with Gasteiger partial charge in [-0.3, -0.25) is 0 Å². The molecule has 0 fully saturated rings. The summed E-state index contributed by atoms with van der Waals surface area (Å²) in [6, 6.07) is 19.8. The van der Waals surface area contributed by atoms with Gasteiger partial charge in [0.1, 0.15) is 5.75 Å². The number of nitrogens with one attached hydrogen (secondary N) is 1. The highest BCUT2D eigenvalue weighted by atomic mass is 35.5. The van der Waals surface area contributed by atoms with E-state index in [0.29, 0.717) is 27.8 Å². The van der Waals surface area contributed by atoms with Crippen molar-refractivity contribution in [3.05, 3.63) is 81.8 Å². The minimum absolute atomic E-state index is 0.329. The lowest BCUT2D eigenvalue weighted by Crippen LogP contribution is -2.23. The highest BCUT2D eigenvalue weighted by Gasteiger charge is 2.12. The molecule has 0 aliphatic heterocycles. The molecule has 0 heterocycles. The molecule has 29 heavy (non-hydrogen) atoms. The zero-order valence-corrected chi connectivity index (χ0v) is 17.7. The molecule has 4 nitrogen and oxygen atoms in total. The van der Waals surface area contributed by atoms with Gasteiger partial charge >= 0.3 is 0 Å². The molecule has 0 bridgehead atoms. The Labute approximate surface area is 181 Å². The first-order valence-corrected chi connectivity index (χ1v) is 10.1. The molecule has 0 spiro atoms. The zero-order chi connectivity index (χ0) is 20.8. The van der Waals surface area contributed by atoms with Gasteiger partial charge in [-0.2, -0.15) is 0 Å². The number of nitrogens with two attached hydrogens (primary N) is 1. The van der Waals surface area contributed by atoms with Gasteiger partial charge in [0.2, 0.25) is 0 Å². The van der Waals surface area contributed by atoms with Crippen LogP contribution in [0.2, 0.25) is 10.0 Å². The summed E-state index contributed by atoms with van der Waals surface area (Å²) in [6.07, 6.45) is 0.154. The molecule has 3 rings (SSSR count). The Bertz CT molecular complexity index is 921. The number of methoxy groups -OCH3 is 1. The van der Waals surface area contributed by atoms with Crippen molar-refractivity contribution in [1.82, 2.24) is 5.32 Å². The molecule has 0 aliphatic carbocycles. The summed E-state index contributed by atoms with van der Waals surface area (Å²) in [4.78, 5) is 0. The van der Waals surface area contributed by atoms with E-state index in [0.717, 1.165) is 29.8 Å². The average Bonchev–Trinajstić information content (AvgIpc) is 2.75. The third kappa shape index (κ3) is 5.64. The highest BCUT2D eigenvalue weighted by molar-refractivity contribution is 6.38. The third-order valence-electron chi connectivity index (χ3n) is 4.79. The summed E-state index contributed by atoms with van der Waals surface area (Å²) in [7, 11) is 1.66. The minimum Gasteiger partial charge on any atom is -0.497 e. The highest BCUT2D eigenvalue weighted by Crippen LogP contribution is 2.31. The number of hydrogen-bond acceptors (Lipinski definition) is 4. The molecule has 1 atom stereocenters. The molecule has 0 aliphatic rings. The Kier molecular flexibility index (Phi) is 7.40. The van der Waals surface area contributed by atoms with Gasteiger partial charge in [0, 0.05) is 6.54 Å². The lowest BCUT2D eigenvalue weighted by molar-refractivity contribution is 0.175. The van der Waals surface area contributed by atoms with E-state index in [1.165, 1.54) is 5.56 Å². The van der Waals surface area contributed by atoms with E-state index >= 15 is 0 Å². The summed E-state index contributed by atoms with van der Waals surface area (Å²) in [6.45, 7) is 1.15. The molecule has 6 heteroatoms. The van der Waals surface area contributed by atoms with Gasteiger partial charge in [-0.05, 0) is 59.5 Å². The van der Waals surface area contributed by atoms with Crippen LogP contribution in [0.5, 0.6) is 5.75 Å². The van der Waals surface area contributed by atoms with Crippen molar-refractivity contribution >= 4 is 28.9 Å². The Hall–Kier alpha value is -2.24.